The van der Waals surface area contributed by atoms with Gasteiger partial charge in [-0.1, -0.05) is 20.8 Å². The third kappa shape index (κ3) is 23.3. The molecule has 0 saturated heterocycles. The maximum absolute atomic E-state index is 9.26. The molecule has 5 nitrogen and oxygen atoms in total. The molecule has 0 aromatic rings. The summed E-state index contributed by atoms with van der Waals surface area (Å²) in [4.78, 5) is 9.26. The van der Waals surface area contributed by atoms with Crippen molar-refractivity contribution in [3.63, 3.8) is 0 Å². The summed E-state index contributed by atoms with van der Waals surface area (Å²) in [6.07, 6.45) is 0.498. The number of nitrogens with zero attached hydrogens (tertiary/aromatic N) is 1. The van der Waals surface area contributed by atoms with Gasteiger partial charge in [0.2, 0.25) is 0 Å². The van der Waals surface area contributed by atoms with E-state index in [4.69, 9.17) is 10.3 Å². The monoisotopic (exact) mass is 176 g/mol. The lowest BCUT2D eigenvalue weighted by atomic mass is 10.00. The van der Waals surface area contributed by atoms with Crippen LogP contribution in [0.1, 0.15) is 20.8 Å². The summed E-state index contributed by atoms with van der Waals surface area (Å²) in [5, 5.41) is 20.4. The topological polar surface area (TPSA) is 81.9 Å². The first-order valence-electron chi connectivity index (χ1n) is 3.42. The van der Waals surface area contributed by atoms with Crippen LogP contribution in [-0.2, 0) is 0 Å². The number of carbonyl (C=O) groups is 1. The van der Waals surface area contributed by atoms with E-state index in [1.165, 1.54) is 13.3 Å². The molecule has 12 heavy (non-hydrogen) atoms. The highest BCUT2D eigenvalue weighted by Crippen LogP contribution is 2.07. The predicted octanol–water partition coefficient (Wildman–Crippen LogP) is 1.38. The van der Waals surface area contributed by atoms with Gasteiger partial charge >= 0.3 is 6.09 Å². The third-order valence-electron chi connectivity index (χ3n) is 0.659. The molecule has 0 bridgehead atoms. The van der Waals surface area contributed by atoms with Gasteiger partial charge in [-0.2, -0.15) is 0 Å². The van der Waals surface area contributed by atoms with E-state index >= 15 is 0 Å². The second kappa shape index (κ2) is 6.45. The molecule has 0 aromatic carbocycles. The first-order chi connectivity index (χ1) is 5.33. The number of oxime groups is 1. The van der Waals surface area contributed by atoms with Crippen molar-refractivity contribution in [1.29, 1.82) is 0 Å². The van der Waals surface area contributed by atoms with Crippen molar-refractivity contribution in [2.45, 2.75) is 20.8 Å². The maximum Gasteiger partial charge on any atom is 0.404 e. The standard InChI is InChI=1S/C5H11NO.C2H5NO2/c1-5(2,3)4-6-7;1-3-2(4)5/h4,7H,1-3H3;3H,1H3,(H,4,5)/b6-4+;. The van der Waals surface area contributed by atoms with E-state index in [-0.39, 0.29) is 5.41 Å². The molecule has 0 aliphatic heterocycles. The van der Waals surface area contributed by atoms with Crippen LogP contribution in [0.3, 0.4) is 0 Å². The first kappa shape index (κ1) is 13.3. The van der Waals surface area contributed by atoms with Gasteiger partial charge in [-0.05, 0) is 0 Å². The predicted molar refractivity (Wildman–Crippen MR) is 46.8 cm³/mol. The van der Waals surface area contributed by atoms with E-state index in [1.807, 2.05) is 26.1 Å². The van der Waals surface area contributed by atoms with Crippen molar-refractivity contribution in [3.8, 4) is 0 Å². The zero-order valence-corrected chi connectivity index (χ0v) is 7.83. The lowest BCUT2D eigenvalue weighted by Crippen LogP contribution is -2.13. The SMILES string of the molecule is CC(C)(C)/C=N/O.CNC(=O)O. The summed E-state index contributed by atoms with van der Waals surface area (Å²) in [5.41, 5.74) is 0.00868. The average Bonchev–Trinajstić information content (AvgIpc) is 1.86. The van der Waals surface area contributed by atoms with Crippen LogP contribution in [0.5, 0.6) is 0 Å². The van der Waals surface area contributed by atoms with Crippen LogP contribution in [0.4, 0.5) is 4.79 Å². The molecule has 0 heterocycles. The van der Waals surface area contributed by atoms with Crippen LogP contribution in [-0.4, -0.2) is 29.7 Å². The fraction of sp³-hybridized carbons (Fsp3) is 0.714. The minimum Gasteiger partial charge on any atom is -0.465 e. The molecule has 72 valence electrons. The highest BCUT2D eigenvalue weighted by Gasteiger charge is 2.03. The van der Waals surface area contributed by atoms with Gasteiger partial charge in [0.15, 0.2) is 0 Å². The lowest BCUT2D eigenvalue weighted by Gasteiger charge is -2.06. The highest BCUT2D eigenvalue weighted by atomic mass is 16.4. The van der Waals surface area contributed by atoms with Crippen molar-refractivity contribution in [1.82, 2.24) is 5.32 Å². The van der Waals surface area contributed by atoms with Crippen molar-refractivity contribution >= 4 is 12.3 Å². The molecule has 0 radical (unpaired) electrons. The van der Waals surface area contributed by atoms with Gasteiger partial charge in [0.1, 0.15) is 0 Å². The molecule has 0 fully saturated rings. The maximum atomic E-state index is 9.26. The van der Waals surface area contributed by atoms with E-state index < -0.39 is 6.09 Å². The zero-order valence-electron chi connectivity index (χ0n) is 7.83. The number of hydrogen-bond donors (Lipinski definition) is 3. The molecular formula is C7H16N2O3. The number of carboxylic acid groups (broad SMARTS) is 1. The summed E-state index contributed by atoms with van der Waals surface area (Å²) in [7, 11) is 1.35. The summed E-state index contributed by atoms with van der Waals surface area (Å²) in [5.74, 6) is 0. The Morgan fingerprint density at radius 1 is 1.50 bits per heavy atom. The van der Waals surface area contributed by atoms with E-state index in [1.54, 1.807) is 0 Å². The number of hydrogen-bond acceptors (Lipinski definition) is 3. The molecule has 0 atom stereocenters. The van der Waals surface area contributed by atoms with Gasteiger partial charge in [-0.25, -0.2) is 4.79 Å². The Morgan fingerprint density at radius 3 is 1.83 bits per heavy atom. The minimum absolute atomic E-state index is 0.00868. The molecule has 5 heteroatoms. The highest BCUT2D eigenvalue weighted by molar-refractivity contribution is 5.63. The summed E-state index contributed by atoms with van der Waals surface area (Å²) in [6, 6.07) is 0. The van der Waals surface area contributed by atoms with E-state index in [0.717, 1.165) is 0 Å². The van der Waals surface area contributed by atoms with Gasteiger partial charge in [-0.3, -0.25) is 0 Å². The van der Waals surface area contributed by atoms with Gasteiger partial charge < -0.3 is 15.6 Å². The lowest BCUT2D eigenvalue weighted by molar-refractivity contribution is 0.197. The molecule has 0 aliphatic rings. The zero-order chi connectivity index (χ0) is 10.2. The summed E-state index contributed by atoms with van der Waals surface area (Å²) in [6.45, 7) is 5.90. The molecular weight excluding hydrogens is 160 g/mol. The molecule has 0 spiro atoms. The number of rotatable bonds is 0. The number of nitrogens with one attached hydrogen (secondary N) is 1. The largest absolute Gasteiger partial charge is 0.465 e. The minimum atomic E-state index is -0.995. The van der Waals surface area contributed by atoms with Crippen molar-refractivity contribution in [3.05, 3.63) is 0 Å². The Labute approximate surface area is 72.1 Å². The van der Waals surface area contributed by atoms with Crippen molar-refractivity contribution in [2.24, 2.45) is 10.6 Å². The smallest absolute Gasteiger partial charge is 0.404 e. The Morgan fingerprint density at radius 2 is 1.83 bits per heavy atom. The fourth-order valence-corrected chi connectivity index (χ4v) is 0.173. The Bertz CT molecular complexity index is 149. The van der Waals surface area contributed by atoms with Crippen molar-refractivity contribution in [2.75, 3.05) is 7.05 Å². The molecule has 3 N–H and O–H groups in total. The molecule has 0 rings (SSSR count). The van der Waals surface area contributed by atoms with Crippen LogP contribution in [0, 0.1) is 5.41 Å². The molecule has 0 aromatic heterocycles. The van der Waals surface area contributed by atoms with Crippen LogP contribution >= 0.6 is 0 Å². The van der Waals surface area contributed by atoms with Gasteiger partial charge in [0, 0.05) is 18.7 Å². The van der Waals surface area contributed by atoms with Crippen LogP contribution < -0.4 is 5.32 Å². The van der Waals surface area contributed by atoms with Gasteiger partial charge in [0.05, 0.1) is 0 Å². The fourth-order valence-electron chi connectivity index (χ4n) is 0.173. The quantitative estimate of drug-likeness (QED) is 0.296. The number of amides is 1. The average molecular weight is 176 g/mol. The molecule has 0 aliphatic carbocycles. The Balaban J connectivity index is 0. The van der Waals surface area contributed by atoms with Crippen LogP contribution in [0.2, 0.25) is 0 Å². The van der Waals surface area contributed by atoms with Crippen LogP contribution in [0.25, 0.3) is 0 Å². The summed E-state index contributed by atoms with van der Waals surface area (Å²) >= 11 is 0. The summed E-state index contributed by atoms with van der Waals surface area (Å²) < 4.78 is 0. The second-order valence-corrected chi connectivity index (χ2v) is 3.17. The van der Waals surface area contributed by atoms with E-state index in [0.29, 0.717) is 0 Å². The Hall–Kier alpha value is -1.26. The van der Waals surface area contributed by atoms with Gasteiger partial charge in [0.25, 0.3) is 0 Å². The van der Waals surface area contributed by atoms with Crippen molar-refractivity contribution < 1.29 is 15.1 Å². The molecule has 1 amide bonds. The van der Waals surface area contributed by atoms with E-state index in [2.05, 4.69) is 5.16 Å². The Kier molecular flexibility index (Phi) is 7.17. The van der Waals surface area contributed by atoms with E-state index in [9.17, 15) is 4.79 Å². The van der Waals surface area contributed by atoms with Gasteiger partial charge in [-0.15, -0.1) is 5.16 Å². The second-order valence-electron chi connectivity index (χ2n) is 3.17. The molecule has 0 unspecified atom stereocenters. The third-order valence-corrected chi connectivity index (χ3v) is 0.659. The first-order valence-corrected chi connectivity index (χ1v) is 3.42. The molecule has 0 saturated carbocycles. The van der Waals surface area contributed by atoms with Crippen LogP contribution in [0.15, 0.2) is 5.16 Å². The normalized spacial score (nSPS) is 10.3.